The van der Waals surface area contributed by atoms with Crippen molar-refractivity contribution >= 4 is 19.7 Å². The minimum Gasteiger partial charge on any atom is -0.597 e. The smallest absolute Gasteiger partial charge is 0.258 e. The average molecular weight is 623 g/mol. The molecule has 0 saturated heterocycles. The molecule has 232 valence electrons. The fourth-order valence-electron chi connectivity index (χ4n) is 4.99. The van der Waals surface area contributed by atoms with Gasteiger partial charge in [0.1, 0.15) is 16.6 Å². The summed E-state index contributed by atoms with van der Waals surface area (Å²) in [6.07, 6.45) is 2.53. The van der Waals surface area contributed by atoms with Crippen molar-refractivity contribution in [2.45, 2.75) is 96.6 Å². The van der Waals surface area contributed by atoms with Crippen LogP contribution in [0.4, 0.5) is 0 Å². The van der Waals surface area contributed by atoms with Gasteiger partial charge in [-0.05, 0) is 87.5 Å². The highest BCUT2D eigenvalue weighted by atomic mass is 32.2. The highest BCUT2D eigenvalue weighted by Crippen LogP contribution is 2.43. The van der Waals surface area contributed by atoms with Crippen LogP contribution in [0, 0.1) is 11.3 Å². The van der Waals surface area contributed by atoms with E-state index < -0.39 is 24.4 Å². The van der Waals surface area contributed by atoms with Gasteiger partial charge in [-0.2, -0.15) is 10.2 Å². The molecule has 0 bridgehead atoms. The van der Waals surface area contributed by atoms with Crippen LogP contribution in [0.2, 0.25) is 18.1 Å². The van der Waals surface area contributed by atoms with Crippen LogP contribution in [-0.4, -0.2) is 51.8 Å². The highest BCUT2D eigenvalue weighted by molar-refractivity contribution is 7.90. The molecule has 0 radical (unpaired) electrons. The summed E-state index contributed by atoms with van der Waals surface area (Å²) in [6, 6.07) is 13.7. The lowest BCUT2D eigenvalue weighted by atomic mass is 10.0. The zero-order valence-electron chi connectivity index (χ0n) is 27.1. The summed E-state index contributed by atoms with van der Waals surface area (Å²) in [6.45, 7) is 21.0. The highest BCUT2D eigenvalue weighted by Gasteiger charge is 2.43. The second-order valence-electron chi connectivity index (χ2n) is 13.6. The van der Waals surface area contributed by atoms with E-state index >= 15 is 0 Å². The first kappa shape index (κ1) is 33.2. The normalized spacial score (nSPS) is 16.3. The van der Waals surface area contributed by atoms with Gasteiger partial charge in [-0.1, -0.05) is 51.1 Å². The van der Waals surface area contributed by atoms with Crippen LogP contribution >= 0.6 is 0 Å². The Kier molecular flexibility index (Phi) is 10.1. The van der Waals surface area contributed by atoms with Gasteiger partial charge in [-0.3, -0.25) is 0 Å². The average Bonchev–Trinajstić information content (AvgIpc) is 3.60. The molecule has 2 atom stereocenters. The molecular formula is C33H46N4O4SSi. The second kappa shape index (κ2) is 13.1. The molecule has 10 heteroatoms. The van der Waals surface area contributed by atoms with Crippen molar-refractivity contribution in [1.29, 1.82) is 5.26 Å². The zero-order valence-corrected chi connectivity index (χ0v) is 28.9. The SMILES string of the molecule is CCCOc1ccc(-c2nc(-c3cccc4c3CC[C@@H]4N(CCO[Si](C)(C)C(C)(C)C)[S@@+]([O-])C(C)(C)C)no2)cc1C#N. The molecule has 0 spiro atoms. The number of benzene rings is 2. The fourth-order valence-corrected chi connectivity index (χ4v) is 7.42. The number of rotatable bonds is 11. The van der Waals surface area contributed by atoms with Crippen LogP contribution in [0.5, 0.6) is 5.75 Å². The van der Waals surface area contributed by atoms with Gasteiger partial charge in [0.25, 0.3) is 5.89 Å². The van der Waals surface area contributed by atoms with Gasteiger partial charge >= 0.3 is 0 Å². The summed E-state index contributed by atoms with van der Waals surface area (Å²) >= 11 is -1.22. The molecular weight excluding hydrogens is 577 g/mol. The molecule has 0 fully saturated rings. The molecule has 43 heavy (non-hydrogen) atoms. The maximum atomic E-state index is 13.9. The Labute approximate surface area is 261 Å². The number of nitrogens with zero attached hydrogens (tertiary/aromatic N) is 4. The van der Waals surface area contributed by atoms with E-state index in [9.17, 15) is 9.81 Å². The van der Waals surface area contributed by atoms with Crippen molar-refractivity contribution in [3.8, 4) is 34.7 Å². The van der Waals surface area contributed by atoms with Crippen molar-refractivity contribution < 1.29 is 18.2 Å². The van der Waals surface area contributed by atoms with Crippen molar-refractivity contribution in [2.75, 3.05) is 19.8 Å². The van der Waals surface area contributed by atoms with E-state index in [-0.39, 0.29) is 11.1 Å². The molecule has 4 rings (SSSR count). The Bertz CT molecular complexity index is 1450. The largest absolute Gasteiger partial charge is 0.597 e. The van der Waals surface area contributed by atoms with E-state index in [1.165, 1.54) is 0 Å². The summed E-state index contributed by atoms with van der Waals surface area (Å²) < 4.78 is 33.5. The third-order valence-electron chi connectivity index (χ3n) is 8.38. The summed E-state index contributed by atoms with van der Waals surface area (Å²) in [4.78, 5) is 4.72. The standard InChI is InChI=1S/C33H46N4O4SSi/c1-10-19-39-29-17-14-23(21-24(29)22-34)31-35-30(36-41-31)27-13-11-12-26-25(27)15-16-28(26)37(42(38)32(2,3)4)18-20-40-43(8,9)33(5,6)7/h11-14,17,21,28H,10,15-16,18-20H2,1-9H3/t28-,42-/m0/s1. The van der Waals surface area contributed by atoms with Gasteiger partial charge in [0.2, 0.25) is 5.82 Å². The first-order valence-corrected chi connectivity index (χ1v) is 19.1. The van der Waals surface area contributed by atoms with Crippen LogP contribution in [-0.2, 0) is 22.2 Å². The van der Waals surface area contributed by atoms with Gasteiger partial charge in [0.05, 0.1) is 31.4 Å². The Morgan fingerprint density at radius 3 is 2.53 bits per heavy atom. The summed E-state index contributed by atoms with van der Waals surface area (Å²) in [7, 11) is -1.94. The third-order valence-corrected chi connectivity index (χ3v) is 14.8. The molecule has 0 aliphatic heterocycles. The van der Waals surface area contributed by atoms with Gasteiger partial charge in [-0.25, -0.2) is 0 Å². The number of fused-ring (bicyclic) bond motifs is 1. The lowest BCUT2D eigenvalue weighted by molar-refractivity contribution is 0.223. The fraction of sp³-hybridized carbons (Fsp3) is 0.545. The van der Waals surface area contributed by atoms with Crippen molar-refractivity contribution in [3.05, 3.63) is 53.1 Å². The molecule has 0 N–H and O–H groups in total. The molecule has 1 heterocycles. The van der Waals surface area contributed by atoms with Gasteiger partial charge in [0.15, 0.2) is 8.32 Å². The molecule has 1 aromatic heterocycles. The molecule has 3 aromatic rings. The first-order valence-electron chi connectivity index (χ1n) is 15.1. The predicted molar refractivity (Wildman–Crippen MR) is 174 cm³/mol. The number of ether oxygens (including phenoxy) is 1. The molecule has 8 nitrogen and oxygen atoms in total. The van der Waals surface area contributed by atoms with Gasteiger partial charge < -0.3 is 18.2 Å². The van der Waals surface area contributed by atoms with Crippen LogP contribution in [0.25, 0.3) is 22.8 Å². The van der Waals surface area contributed by atoms with E-state index in [0.717, 1.165) is 36.0 Å². The minimum absolute atomic E-state index is 0.00162. The monoisotopic (exact) mass is 622 g/mol. The molecule has 0 amide bonds. The van der Waals surface area contributed by atoms with E-state index in [2.05, 4.69) is 55.5 Å². The minimum atomic E-state index is -1.94. The van der Waals surface area contributed by atoms with Crippen molar-refractivity contribution in [1.82, 2.24) is 14.4 Å². The summed E-state index contributed by atoms with van der Waals surface area (Å²) in [5.74, 6) is 1.40. The Balaban J connectivity index is 1.61. The zero-order chi connectivity index (χ0) is 31.6. The van der Waals surface area contributed by atoms with Gasteiger partial charge in [0, 0.05) is 22.5 Å². The third kappa shape index (κ3) is 7.35. The maximum Gasteiger partial charge on any atom is 0.258 e. The Hall–Kier alpha value is -2.68. The summed E-state index contributed by atoms with van der Waals surface area (Å²) in [5.41, 5.74) is 4.31. The van der Waals surface area contributed by atoms with Crippen molar-refractivity contribution in [2.24, 2.45) is 0 Å². The predicted octanol–water partition coefficient (Wildman–Crippen LogP) is 7.84. The molecule has 0 unspecified atom stereocenters. The number of hydrogen-bond donors (Lipinski definition) is 0. The lowest BCUT2D eigenvalue weighted by Gasteiger charge is -2.39. The van der Waals surface area contributed by atoms with Crippen molar-refractivity contribution in [3.63, 3.8) is 0 Å². The molecule has 1 aliphatic carbocycles. The second-order valence-corrected chi connectivity index (χ2v) is 20.6. The lowest BCUT2D eigenvalue weighted by Crippen LogP contribution is -2.48. The quantitative estimate of drug-likeness (QED) is 0.157. The summed E-state index contributed by atoms with van der Waals surface area (Å²) in [5, 5.41) is 14.1. The molecule has 2 aromatic carbocycles. The van der Waals surface area contributed by atoms with E-state index in [1.807, 2.05) is 45.9 Å². The van der Waals surface area contributed by atoms with E-state index in [4.69, 9.17) is 18.7 Å². The van der Waals surface area contributed by atoms with Crippen LogP contribution in [0.3, 0.4) is 0 Å². The van der Waals surface area contributed by atoms with Crippen LogP contribution < -0.4 is 4.74 Å². The van der Waals surface area contributed by atoms with Crippen LogP contribution in [0.15, 0.2) is 40.9 Å². The Morgan fingerprint density at radius 2 is 1.88 bits per heavy atom. The first-order chi connectivity index (χ1) is 20.2. The number of hydrogen-bond acceptors (Lipinski definition) is 8. The van der Waals surface area contributed by atoms with Crippen LogP contribution in [0.1, 0.15) is 84.0 Å². The number of nitriles is 1. The van der Waals surface area contributed by atoms with E-state index in [0.29, 0.717) is 48.4 Å². The topological polar surface area (TPSA) is 107 Å². The Morgan fingerprint density at radius 1 is 1.14 bits per heavy atom. The number of aromatic nitrogens is 2. The van der Waals surface area contributed by atoms with E-state index in [1.54, 1.807) is 12.1 Å². The maximum absolute atomic E-state index is 13.9. The molecule has 1 aliphatic rings. The van der Waals surface area contributed by atoms with Gasteiger partial charge in [-0.15, -0.1) is 4.31 Å². The molecule has 0 saturated carbocycles.